The standard InChI is InChI=1S/C21H30N6O/c1-4-22-20(23-14-19-26-25-15(2)27(19)3)24-17-13-21(11-7-8-12-21)28-18-10-6-5-9-16(17)18/h5-6,9-10,17H,4,7-8,11-14H2,1-3H3,(H2,22,23,24). The molecule has 0 radical (unpaired) electrons. The Morgan fingerprint density at radius 2 is 2.07 bits per heavy atom. The molecule has 2 heterocycles. The summed E-state index contributed by atoms with van der Waals surface area (Å²) < 4.78 is 8.45. The predicted octanol–water partition coefficient (Wildman–Crippen LogP) is 3.02. The highest BCUT2D eigenvalue weighted by Crippen LogP contribution is 2.46. The molecule has 0 saturated heterocycles. The van der Waals surface area contributed by atoms with E-state index >= 15 is 0 Å². The molecule has 1 aromatic heterocycles. The van der Waals surface area contributed by atoms with Crippen LogP contribution in [0.4, 0.5) is 0 Å². The summed E-state index contributed by atoms with van der Waals surface area (Å²) in [6.45, 7) is 5.33. The van der Waals surface area contributed by atoms with Crippen molar-refractivity contribution in [2.45, 2.75) is 64.1 Å². The first-order valence-electron chi connectivity index (χ1n) is 10.3. The zero-order valence-corrected chi connectivity index (χ0v) is 17.0. The largest absolute Gasteiger partial charge is 0.487 e. The molecule has 1 atom stereocenters. The summed E-state index contributed by atoms with van der Waals surface area (Å²) in [5.41, 5.74) is 1.17. The van der Waals surface area contributed by atoms with Gasteiger partial charge in [-0.2, -0.15) is 0 Å². The minimum absolute atomic E-state index is 0.0376. The molecule has 150 valence electrons. The van der Waals surface area contributed by atoms with Gasteiger partial charge in [0.1, 0.15) is 23.7 Å². The Labute approximate surface area is 166 Å². The van der Waals surface area contributed by atoms with Gasteiger partial charge in [0.25, 0.3) is 0 Å². The van der Waals surface area contributed by atoms with Crippen molar-refractivity contribution in [2.75, 3.05) is 6.54 Å². The Morgan fingerprint density at radius 1 is 1.29 bits per heavy atom. The number of benzene rings is 1. The van der Waals surface area contributed by atoms with Gasteiger partial charge < -0.3 is 19.9 Å². The van der Waals surface area contributed by atoms with E-state index in [1.54, 1.807) is 0 Å². The van der Waals surface area contributed by atoms with Crippen molar-refractivity contribution in [3.05, 3.63) is 41.5 Å². The van der Waals surface area contributed by atoms with Gasteiger partial charge in [0.2, 0.25) is 0 Å². The lowest BCUT2D eigenvalue weighted by Gasteiger charge is -2.40. The summed E-state index contributed by atoms with van der Waals surface area (Å²) in [5, 5.41) is 15.4. The Bertz CT molecular complexity index is 852. The molecule has 1 unspecified atom stereocenters. The lowest BCUT2D eigenvalue weighted by atomic mass is 9.86. The minimum atomic E-state index is -0.0376. The fourth-order valence-corrected chi connectivity index (χ4v) is 4.30. The van der Waals surface area contributed by atoms with Gasteiger partial charge in [-0.05, 0) is 45.6 Å². The summed E-state index contributed by atoms with van der Waals surface area (Å²) in [6, 6.07) is 8.57. The summed E-state index contributed by atoms with van der Waals surface area (Å²) in [6.07, 6.45) is 5.72. The topological polar surface area (TPSA) is 76.4 Å². The SMILES string of the molecule is CCNC(=NCc1nnc(C)n1C)NC1CC2(CCCC2)Oc2ccccc21. The molecule has 7 heteroatoms. The lowest BCUT2D eigenvalue weighted by molar-refractivity contribution is 0.0396. The minimum Gasteiger partial charge on any atom is -0.487 e. The van der Waals surface area contributed by atoms with Crippen LogP contribution in [0.25, 0.3) is 0 Å². The van der Waals surface area contributed by atoms with E-state index in [2.05, 4.69) is 52.0 Å². The lowest BCUT2D eigenvalue weighted by Crippen LogP contribution is -2.46. The number of aliphatic imine (C=N–C) groups is 1. The summed E-state index contributed by atoms with van der Waals surface area (Å²) >= 11 is 0. The molecule has 2 aliphatic rings. The zero-order chi connectivity index (χ0) is 19.6. The average molecular weight is 383 g/mol. The number of fused-ring (bicyclic) bond motifs is 1. The van der Waals surface area contributed by atoms with E-state index in [0.29, 0.717) is 6.54 Å². The molecule has 1 saturated carbocycles. The summed E-state index contributed by atoms with van der Waals surface area (Å²) in [4.78, 5) is 4.77. The Balaban J connectivity index is 1.57. The second-order valence-electron chi connectivity index (χ2n) is 7.85. The number of aromatic nitrogens is 3. The van der Waals surface area contributed by atoms with Crippen LogP contribution in [0.15, 0.2) is 29.3 Å². The van der Waals surface area contributed by atoms with Crippen molar-refractivity contribution in [3.63, 3.8) is 0 Å². The van der Waals surface area contributed by atoms with Crippen LogP contribution in [0.3, 0.4) is 0 Å². The van der Waals surface area contributed by atoms with E-state index in [-0.39, 0.29) is 11.6 Å². The monoisotopic (exact) mass is 382 g/mol. The van der Waals surface area contributed by atoms with Crippen LogP contribution in [0.5, 0.6) is 5.75 Å². The zero-order valence-electron chi connectivity index (χ0n) is 17.0. The first kappa shape index (κ1) is 18.8. The van der Waals surface area contributed by atoms with Crippen LogP contribution in [0.2, 0.25) is 0 Å². The van der Waals surface area contributed by atoms with Gasteiger partial charge in [0, 0.05) is 25.6 Å². The third-order valence-corrected chi connectivity index (χ3v) is 5.93. The maximum Gasteiger partial charge on any atom is 0.192 e. The van der Waals surface area contributed by atoms with Crippen molar-refractivity contribution < 1.29 is 4.74 Å². The van der Waals surface area contributed by atoms with Crippen LogP contribution in [0.1, 0.15) is 62.3 Å². The number of hydrogen-bond donors (Lipinski definition) is 2. The van der Waals surface area contributed by atoms with Crippen LogP contribution in [-0.2, 0) is 13.6 Å². The predicted molar refractivity (Wildman–Crippen MR) is 109 cm³/mol. The summed E-state index contributed by atoms with van der Waals surface area (Å²) in [7, 11) is 1.97. The molecular formula is C21H30N6O. The first-order chi connectivity index (χ1) is 13.6. The van der Waals surface area contributed by atoms with E-state index < -0.39 is 0 Å². The number of guanidine groups is 1. The van der Waals surface area contributed by atoms with Crippen molar-refractivity contribution in [1.82, 2.24) is 25.4 Å². The van der Waals surface area contributed by atoms with E-state index in [4.69, 9.17) is 9.73 Å². The molecular weight excluding hydrogens is 352 g/mol. The molecule has 0 bridgehead atoms. The Morgan fingerprint density at radius 3 is 2.79 bits per heavy atom. The number of rotatable bonds is 4. The molecule has 1 aliphatic carbocycles. The number of aryl methyl sites for hydroxylation is 1. The Kier molecular flexibility index (Phi) is 5.24. The maximum atomic E-state index is 6.48. The highest BCUT2D eigenvalue weighted by Gasteiger charge is 2.43. The molecule has 0 amide bonds. The first-order valence-corrected chi connectivity index (χ1v) is 10.3. The van der Waals surface area contributed by atoms with Crippen LogP contribution in [0, 0.1) is 6.92 Å². The third kappa shape index (κ3) is 3.70. The number of nitrogens with one attached hydrogen (secondary N) is 2. The summed E-state index contributed by atoms with van der Waals surface area (Å²) in [5.74, 6) is 3.56. The second-order valence-corrected chi connectivity index (χ2v) is 7.85. The van der Waals surface area contributed by atoms with Crippen LogP contribution in [-0.4, -0.2) is 32.9 Å². The molecule has 2 aromatic rings. The fraction of sp³-hybridized carbons (Fsp3) is 0.571. The molecule has 1 spiro atoms. The van der Waals surface area contributed by atoms with Crippen LogP contribution < -0.4 is 15.4 Å². The van der Waals surface area contributed by atoms with Gasteiger partial charge in [-0.3, -0.25) is 0 Å². The van der Waals surface area contributed by atoms with Gasteiger partial charge in [0.15, 0.2) is 11.8 Å². The van der Waals surface area contributed by atoms with Crippen molar-refractivity contribution >= 4 is 5.96 Å². The smallest absolute Gasteiger partial charge is 0.192 e. The molecule has 2 N–H and O–H groups in total. The van der Waals surface area contributed by atoms with E-state index in [0.717, 1.165) is 49.2 Å². The van der Waals surface area contributed by atoms with E-state index in [1.807, 2.05) is 18.5 Å². The second kappa shape index (κ2) is 7.81. The fourth-order valence-electron chi connectivity index (χ4n) is 4.30. The van der Waals surface area contributed by atoms with Crippen molar-refractivity contribution in [3.8, 4) is 5.75 Å². The third-order valence-electron chi connectivity index (χ3n) is 5.93. The normalized spacial score (nSPS) is 20.7. The highest BCUT2D eigenvalue weighted by molar-refractivity contribution is 5.80. The van der Waals surface area contributed by atoms with E-state index in [9.17, 15) is 0 Å². The molecule has 1 fully saturated rings. The molecule has 28 heavy (non-hydrogen) atoms. The molecule has 7 nitrogen and oxygen atoms in total. The van der Waals surface area contributed by atoms with Crippen molar-refractivity contribution in [2.24, 2.45) is 12.0 Å². The van der Waals surface area contributed by atoms with Gasteiger partial charge in [-0.25, -0.2) is 4.99 Å². The number of nitrogens with zero attached hydrogens (tertiary/aromatic N) is 4. The average Bonchev–Trinajstić information content (AvgIpc) is 3.27. The number of hydrogen-bond acceptors (Lipinski definition) is 4. The number of para-hydroxylation sites is 1. The maximum absolute atomic E-state index is 6.48. The molecule has 1 aliphatic heterocycles. The number of ether oxygens (including phenoxy) is 1. The van der Waals surface area contributed by atoms with E-state index in [1.165, 1.54) is 18.4 Å². The Hall–Kier alpha value is -2.57. The molecule has 4 rings (SSSR count). The van der Waals surface area contributed by atoms with Crippen LogP contribution >= 0.6 is 0 Å². The van der Waals surface area contributed by atoms with Gasteiger partial charge in [-0.15, -0.1) is 10.2 Å². The quantitative estimate of drug-likeness (QED) is 0.628. The van der Waals surface area contributed by atoms with Gasteiger partial charge in [0.05, 0.1) is 6.04 Å². The van der Waals surface area contributed by atoms with Gasteiger partial charge in [-0.1, -0.05) is 18.2 Å². The van der Waals surface area contributed by atoms with Gasteiger partial charge >= 0.3 is 0 Å². The van der Waals surface area contributed by atoms with Crippen molar-refractivity contribution in [1.29, 1.82) is 0 Å². The molecule has 1 aromatic carbocycles. The highest BCUT2D eigenvalue weighted by atomic mass is 16.5.